The number of amides is 1. The fourth-order valence-corrected chi connectivity index (χ4v) is 2.43. The van der Waals surface area contributed by atoms with Crippen LogP contribution in [-0.4, -0.2) is 51.6 Å². The van der Waals surface area contributed by atoms with Crippen LogP contribution in [0.15, 0.2) is 35.4 Å². The van der Waals surface area contributed by atoms with Gasteiger partial charge in [0.25, 0.3) is 5.91 Å². The van der Waals surface area contributed by atoms with E-state index in [4.69, 9.17) is 18.9 Å². The molecule has 0 bridgehead atoms. The second kappa shape index (κ2) is 9.26. The Morgan fingerprint density at radius 2 is 1.61 bits per heavy atom. The first kappa shape index (κ1) is 20.6. The van der Waals surface area contributed by atoms with E-state index < -0.39 is 11.9 Å². The van der Waals surface area contributed by atoms with Crippen molar-refractivity contribution in [3.63, 3.8) is 0 Å². The number of hydrogen-bond donors (Lipinski definition) is 2. The summed E-state index contributed by atoms with van der Waals surface area (Å²) in [4.78, 5) is 23.9. The first-order valence-corrected chi connectivity index (χ1v) is 7.99. The molecule has 1 amide bonds. The molecule has 2 aromatic rings. The van der Waals surface area contributed by atoms with Crippen LogP contribution < -0.4 is 24.4 Å². The zero-order valence-corrected chi connectivity index (χ0v) is 15.8. The van der Waals surface area contributed by atoms with Crippen molar-refractivity contribution in [3.05, 3.63) is 47.0 Å². The molecule has 0 saturated heterocycles. The van der Waals surface area contributed by atoms with Gasteiger partial charge in [0.1, 0.15) is 17.1 Å². The number of carbonyl (C=O) groups excluding carboxylic acids is 1. The Morgan fingerprint density at radius 3 is 2.11 bits per heavy atom. The minimum Gasteiger partial charge on any atom is -0.497 e. The standard InChI is InChI=1S/C19H20N2O7/c1-25-13-7-12(8-14(9-13)26-2)18(22)21-20-10-11-5-6-15(27-3)17(28-4)16(11)19(23)24/h5-10H,1-4H3,(H,21,22)(H,23,24)/b20-10-. The van der Waals surface area contributed by atoms with Gasteiger partial charge in [-0.15, -0.1) is 0 Å². The van der Waals surface area contributed by atoms with Gasteiger partial charge in [0, 0.05) is 17.2 Å². The van der Waals surface area contributed by atoms with E-state index in [1.165, 1.54) is 52.9 Å². The highest BCUT2D eigenvalue weighted by atomic mass is 16.5. The number of nitrogens with one attached hydrogen (secondary N) is 1. The van der Waals surface area contributed by atoms with E-state index in [1.807, 2.05) is 0 Å². The summed E-state index contributed by atoms with van der Waals surface area (Å²) in [5.41, 5.74) is 2.69. The lowest BCUT2D eigenvalue weighted by molar-refractivity contribution is 0.0692. The molecule has 2 aromatic carbocycles. The third kappa shape index (κ3) is 4.50. The Hall–Kier alpha value is -3.75. The summed E-state index contributed by atoms with van der Waals surface area (Å²) in [6.07, 6.45) is 1.21. The number of hydrogen-bond acceptors (Lipinski definition) is 7. The maximum absolute atomic E-state index is 12.3. The van der Waals surface area contributed by atoms with Crippen LogP contribution in [-0.2, 0) is 0 Å². The number of aromatic carboxylic acids is 1. The molecule has 2 rings (SSSR count). The number of methoxy groups -OCH3 is 4. The van der Waals surface area contributed by atoms with E-state index in [2.05, 4.69) is 10.5 Å². The molecule has 0 fully saturated rings. The molecule has 148 valence electrons. The maximum Gasteiger partial charge on any atom is 0.340 e. The zero-order valence-electron chi connectivity index (χ0n) is 15.8. The summed E-state index contributed by atoms with van der Waals surface area (Å²) < 4.78 is 20.5. The van der Waals surface area contributed by atoms with Crippen molar-refractivity contribution in [3.8, 4) is 23.0 Å². The van der Waals surface area contributed by atoms with Gasteiger partial charge < -0.3 is 24.1 Å². The van der Waals surface area contributed by atoms with Crippen LogP contribution in [0.4, 0.5) is 0 Å². The lowest BCUT2D eigenvalue weighted by Gasteiger charge is -2.12. The highest BCUT2D eigenvalue weighted by molar-refractivity contribution is 6.02. The highest BCUT2D eigenvalue weighted by Crippen LogP contribution is 2.32. The van der Waals surface area contributed by atoms with E-state index >= 15 is 0 Å². The molecule has 0 unspecified atom stereocenters. The summed E-state index contributed by atoms with van der Waals surface area (Å²) in [5, 5.41) is 13.3. The van der Waals surface area contributed by atoms with Crippen LogP contribution in [0.3, 0.4) is 0 Å². The van der Waals surface area contributed by atoms with Crippen LogP contribution in [0, 0.1) is 0 Å². The number of ether oxygens (including phenoxy) is 4. The van der Waals surface area contributed by atoms with Gasteiger partial charge in [-0.2, -0.15) is 5.10 Å². The number of rotatable bonds is 8. The van der Waals surface area contributed by atoms with E-state index in [-0.39, 0.29) is 28.2 Å². The predicted octanol–water partition coefficient (Wildman–Crippen LogP) is 2.18. The van der Waals surface area contributed by atoms with Crippen molar-refractivity contribution in [1.29, 1.82) is 0 Å². The summed E-state index contributed by atoms with van der Waals surface area (Å²) in [7, 11) is 5.68. The summed E-state index contributed by atoms with van der Waals surface area (Å²) in [6, 6.07) is 7.71. The molecule has 2 N–H and O–H groups in total. The molecule has 0 aliphatic heterocycles. The Bertz CT molecular complexity index is 887. The Kier molecular flexibility index (Phi) is 6.80. The Morgan fingerprint density at radius 1 is 0.964 bits per heavy atom. The van der Waals surface area contributed by atoms with Gasteiger partial charge in [0.15, 0.2) is 11.5 Å². The maximum atomic E-state index is 12.3. The Labute approximate surface area is 161 Å². The molecule has 0 spiro atoms. The number of carboxylic acid groups (broad SMARTS) is 1. The third-order valence-electron chi connectivity index (χ3n) is 3.78. The normalized spacial score (nSPS) is 10.4. The average molecular weight is 388 g/mol. The molecular weight excluding hydrogens is 368 g/mol. The molecule has 0 saturated carbocycles. The predicted molar refractivity (Wildman–Crippen MR) is 101 cm³/mol. The molecule has 0 aromatic heterocycles. The van der Waals surface area contributed by atoms with E-state index in [0.717, 1.165) is 0 Å². The number of benzene rings is 2. The number of carbonyl (C=O) groups is 2. The topological polar surface area (TPSA) is 116 Å². The number of hydrazone groups is 1. The van der Waals surface area contributed by atoms with E-state index in [0.29, 0.717) is 11.5 Å². The van der Waals surface area contributed by atoms with Gasteiger partial charge in [-0.05, 0) is 24.3 Å². The van der Waals surface area contributed by atoms with Gasteiger partial charge >= 0.3 is 5.97 Å². The van der Waals surface area contributed by atoms with Crippen molar-refractivity contribution >= 4 is 18.1 Å². The van der Waals surface area contributed by atoms with Crippen molar-refractivity contribution in [2.24, 2.45) is 5.10 Å². The quantitative estimate of drug-likeness (QED) is 0.526. The van der Waals surface area contributed by atoms with E-state index in [9.17, 15) is 14.7 Å². The van der Waals surface area contributed by atoms with Crippen LogP contribution in [0.2, 0.25) is 0 Å². The van der Waals surface area contributed by atoms with Crippen LogP contribution in [0.1, 0.15) is 26.3 Å². The average Bonchev–Trinajstić information content (AvgIpc) is 2.72. The molecule has 0 atom stereocenters. The summed E-state index contributed by atoms with van der Waals surface area (Å²) in [6.45, 7) is 0. The van der Waals surface area contributed by atoms with Gasteiger partial charge in [-0.1, -0.05) is 0 Å². The van der Waals surface area contributed by atoms with Crippen molar-refractivity contribution in [2.75, 3.05) is 28.4 Å². The van der Waals surface area contributed by atoms with Crippen molar-refractivity contribution in [1.82, 2.24) is 5.43 Å². The van der Waals surface area contributed by atoms with Crippen LogP contribution in [0.5, 0.6) is 23.0 Å². The van der Waals surface area contributed by atoms with Crippen LogP contribution >= 0.6 is 0 Å². The van der Waals surface area contributed by atoms with Gasteiger partial charge in [0.2, 0.25) is 0 Å². The zero-order chi connectivity index (χ0) is 20.7. The fourth-order valence-electron chi connectivity index (χ4n) is 2.43. The van der Waals surface area contributed by atoms with Crippen molar-refractivity contribution < 1.29 is 33.6 Å². The molecule has 0 radical (unpaired) electrons. The van der Waals surface area contributed by atoms with Gasteiger partial charge in [-0.3, -0.25) is 4.79 Å². The molecule has 9 nitrogen and oxygen atoms in total. The lowest BCUT2D eigenvalue weighted by atomic mass is 10.1. The Balaban J connectivity index is 2.28. The SMILES string of the molecule is COc1cc(OC)cc(C(=O)N/N=C\c2ccc(OC)c(OC)c2C(=O)O)c1. The molecule has 9 heteroatoms. The second-order valence-electron chi connectivity index (χ2n) is 5.37. The van der Waals surface area contributed by atoms with Crippen molar-refractivity contribution in [2.45, 2.75) is 0 Å². The first-order chi connectivity index (χ1) is 13.4. The molecule has 0 aliphatic rings. The first-order valence-electron chi connectivity index (χ1n) is 7.99. The van der Waals surface area contributed by atoms with Gasteiger partial charge in [0.05, 0.1) is 34.7 Å². The molecule has 0 aliphatic carbocycles. The molecular formula is C19H20N2O7. The summed E-state index contributed by atoms with van der Waals surface area (Å²) in [5.74, 6) is -0.526. The number of nitrogens with zero attached hydrogens (tertiary/aromatic N) is 1. The highest BCUT2D eigenvalue weighted by Gasteiger charge is 2.20. The second-order valence-corrected chi connectivity index (χ2v) is 5.37. The smallest absolute Gasteiger partial charge is 0.340 e. The van der Waals surface area contributed by atoms with Gasteiger partial charge in [-0.25, -0.2) is 10.2 Å². The number of carboxylic acids is 1. The monoisotopic (exact) mass is 388 g/mol. The van der Waals surface area contributed by atoms with Crippen LogP contribution in [0.25, 0.3) is 0 Å². The minimum atomic E-state index is -1.22. The molecule has 28 heavy (non-hydrogen) atoms. The minimum absolute atomic E-state index is 0.0582. The third-order valence-corrected chi connectivity index (χ3v) is 3.78. The summed E-state index contributed by atoms with van der Waals surface area (Å²) >= 11 is 0. The lowest BCUT2D eigenvalue weighted by Crippen LogP contribution is -2.18. The molecule has 0 heterocycles. The van der Waals surface area contributed by atoms with E-state index in [1.54, 1.807) is 12.1 Å². The largest absolute Gasteiger partial charge is 0.497 e. The fraction of sp³-hybridized carbons (Fsp3) is 0.211.